The number of guanidine groups is 1. The van der Waals surface area contributed by atoms with Gasteiger partial charge in [-0.1, -0.05) is 24.3 Å². The second-order valence-electron chi connectivity index (χ2n) is 5.10. The Bertz CT molecular complexity index is 690. The summed E-state index contributed by atoms with van der Waals surface area (Å²) in [5.41, 5.74) is 3.61. The molecule has 6 heteroatoms. The van der Waals surface area contributed by atoms with Crippen LogP contribution in [0.15, 0.2) is 47.6 Å². The van der Waals surface area contributed by atoms with Gasteiger partial charge in [0.15, 0.2) is 5.96 Å². The van der Waals surface area contributed by atoms with Crippen LogP contribution in [0.25, 0.3) is 0 Å². The summed E-state index contributed by atoms with van der Waals surface area (Å²) in [4.78, 5) is 10.8. The summed E-state index contributed by atoms with van der Waals surface area (Å²) < 4.78 is 5.29. The second kappa shape index (κ2) is 8.14. The lowest BCUT2D eigenvalue weighted by molar-refractivity contribution is 0.392. The largest absolute Gasteiger partial charge is 0.481 e. The molecule has 0 fully saturated rings. The topological polar surface area (TPSA) is 49.8 Å². The number of aliphatic imine (C=N–C) groups is 1. The number of aromatic nitrogens is 1. The summed E-state index contributed by atoms with van der Waals surface area (Å²) in [6.45, 7) is 1.57. The predicted octanol–water partition coefficient (Wildman–Crippen LogP) is 2.85. The highest BCUT2D eigenvalue weighted by Gasteiger charge is 2.22. The third-order valence-corrected chi connectivity index (χ3v) is 3.83. The lowest BCUT2D eigenvalue weighted by atomic mass is 10.2. The number of methoxy groups -OCH3 is 1. The Morgan fingerprint density at radius 1 is 1.30 bits per heavy atom. The van der Waals surface area contributed by atoms with Gasteiger partial charge in [0.1, 0.15) is 0 Å². The Morgan fingerprint density at radius 3 is 2.91 bits per heavy atom. The fourth-order valence-electron chi connectivity index (χ4n) is 2.77. The van der Waals surface area contributed by atoms with E-state index in [1.54, 1.807) is 13.3 Å². The molecule has 0 saturated heterocycles. The van der Waals surface area contributed by atoms with Crippen molar-refractivity contribution < 1.29 is 4.74 Å². The first-order valence-electron chi connectivity index (χ1n) is 7.37. The van der Waals surface area contributed by atoms with E-state index >= 15 is 0 Å². The van der Waals surface area contributed by atoms with Crippen molar-refractivity contribution in [3.05, 3.63) is 53.7 Å². The zero-order valence-electron chi connectivity index (χ0n) is 13.3. The van der Waals surface area contributed by atoms with E-state index < -0.39 is 0 Å². The minimum absolute atomic E-state index is 0. The molecule has 122 valence electrons. The molecule has 1 aromatic carbocycles. The number of ether oxygens (including phenoxy) is 1. The van der Waals surface area contributed by atoms with Crippen LogP contribution >= 0.6 is 24.0 Å². The predicted molar refractivity (Wildman–Crippen MR) is 104 cm³/mol. The molecule has 0 bridgehead atoms. The minimum atomic E-state index is 0. The van der Waals surface area contributed by atoms with Gasteiger partial charge in [-0.05, 0) is 24.1 Å². The lowest BCUT2D eigenvalue weighted by Crippen LogP contribution is -2.40. The van der Waals surface area contributed by atoms with Crippen LogP contribution in [-0.4, -0.2) is 31.6 Å². The molecule has 1 aliphatic heterocycles. The minimum Gasteiger partial charge on any atom is -0.481 e. The van der Waals surface area contributed by atoms with Crippen molar-refractivity contribution in [3.63, 3.8) is 0 Å². The number of fused-ring (bicyclic) bond motifs is 1. The highest BCUT2D eigenvalue weighted by atomic mass is 127. The van der Waals surface area contributed by atoms with Gasteiger partial charge in [-0.25, -0.2) is 4.98 Å². The van der Waals surface area contributed by atoms with E-state index in [1.807, 2.05) is 19.2 Å². The number of hydrogen-bond acceptors (Lipinski definition) is 3. The Balaban J connectivity index is 0.00000192. The molecule has 2 heterocycles. The quantitative estimate of drug-likeness (QED) is 0.468. The molecule has 0 atom stereocenters. The fraction of sp³-hybridized carbons (Fsp3) is 0.294. The van der Waals surface area contributed by atoms with Crippen molar-refractivity contribution in [3.8, 4) is 5.88 Å². The molecule has 0 unspecified atom stereocenters. The summed E-state index contributed by atoms with van der Waals surface area (Å²) in [7, 11) is 3.45. The van der Waals surface area contributed by atoms with Gasteiger partial charge in [0.25, 0.3) is 0 Å². The average molecular weight is 424 g/mol. The Hall–Kier alpha value is -1.83. The first-order valence-corrected chi connectivity index (χ1v) is 7.37. The van der Waals surface area contributed by atoms with Gasteiger partial charge >= 0.3 is 0 Å². The lowest BCUT2D eigenvalue weighted by Gasteiger charge is -2.22. The van der Waals surface area contributed by atoms with Crippen LogP contribution in [0.5, 0.6) is 5.88 Å². The zero-order valence-corrected chi connectivity index (χ0v) is 15.7. The van der Waals surface area contributed by atoms with Gasteiger partial charge in [-0.15, -0.1) is 24.0 Å². The second-order valence-corrected chi connectivity index (χ2v) is 5.10. The maximum Gasteiger partial charge on any atom is 0.218 e. The molecule has 1 aromatic heterocycles. The van der Waals surface area contributed by atoms with Crippen molar-refractivity contribution in [2.75, 3.05) is 25.6 Å². The van der Waals surface area contributed by atoms with Crippen LogP contribution in [0, 0.1) is 0 Å². The Kier molecular flexibility index (Phi) is 6.20. The van der Waals surface area contributed by atoms with E-state index in [0.717, 1.165) is 24.5 Å². The molecule has 0 saturated carbocycles. The molecule has 2 aromatic rings. The zero-order chi connectivity index (χ0) is 15.4. The third kappa shape index (κ3) is 3.74. The molecular weight excluding hydrogens is 403 g/mol. The third-order valence-electron chi connectivity index (χ3n) is 3.83. The number of nitrogens with zero attached hydrogens (tertiary/aromatic N) is 3. The van der Waals surface area contributed by atoms with Gasteiger partial charge in [0.2, 0.25) is 5.88 Å². The maximum atomic E-state index is 5.29. The number of para-hydroxylation sites is 1. The van der Waals surface area contributed by atoms with E-state index in [9.17, 15) is 0 Å². The molecule has 0 radical (unpaired) electrons. The Labute approximate surface area is 153 Å². The van der Waals surface area contributed by atoms with E-state index in [0.29, 0.717) is 12.4 Å². The van der Waals surface area contributed by atoms with Gasteiger partial charge < -0.3 is 15.0 Å². The first kappa shape index (κ1) is 17.5. The molecule has 0 spiro atoms. The van der Waals surface area contributed by atoms with E-state index in [2.05, 4.69) is 44.5 Å². The van der Waals surface area contributed by atoms with Gasteiger partial charge in [0.05, 0.1) is 7.11 Å². The molecule has 1 N–H and O–H groups in total. The number of halogens is 1. The normalized spacial score (nSPS) is 13.3. The number of rotatable bonds is 3. The summed E-state index contributed by atoms with van der Waals surface area (Å²) in [5.74, 6) is 1.52. The number of pyridine rings is 1. The van der Waals surface area contributed by atoms with Crippen LogP contribution in [-0.2, 0) is 13.0 Å². The van der Waals surface area contributed by atoms with Gasteiger partial charge in [-0.2, -0.15) is 0 Å². The Morgan fingerprint density at radius 2 is 2.13 bits per heavy atom. The number of nitrogens with one attached hydrogen (secondary N) is 1. The molecule has 23 heavy (non-hydrogen) atoms. The van der Waals surface area contributed by atoms with Crippen molar-refractivity contribution in [2.24, 2.45) is 4.99 Å². The molecular formula is C17H21IN4O. The highest BCUT2D eigenvalue weighted by Crippen LogP contribution is 2.27. The highest BCUT2D eigenvalue weighted by molar-refractivity contribution is 14.0. The number of anilines is 1. The summed E-state index contributed by atoms with van der Waals surface area (Å²) in [5, 5.41) is 3.40. The maximum absolute atomic E-state index is 5.29. The monoisotopic (exact) mass is 424 g/mol. The standard InChI is InChI=1S/C17H20N4O.HI/c1-18-17(20-12-14-7-5-10-19-16(14)22-2)21-11-9-13-6-3-4-8-15(13)21;/h3-8,10H,9,11-12H2,1-2H3,(H,18,20);1H. The SMILES string of the molecule is CN=C(NCc1cccnc1OC)N1CCc2ccccc21.I. The summed E-state index contributed by atoms with van der Waals surface area (Å²) in [6.07, 6.45) is 2.78. The smallest absolute Gasteiger partial charge is 0.218 e. The summed E-state index contributed by atoms with van der Waals surface area (Å²) in [6, 6.07) is 12.4. The van der Waals surface area contributed by atoms with Crippen molar-refractivity contribution in [1.29, 1.82) is 0 Å². The molecule has 3 rings (SSSR count). The number of benzene rings is 1. The van der Waals surface area contributed by atoms with Crippen molar-refractivity contribution in [2.45, 2.75) is 13.0 Å². The van der Waals surface area contributed by atoms with Crippen molar-refractivity contribution in [1.82, 2.24) is 10.3 Å². The summed E-state index contributed by atoms with van der Waals surface area (Å²) >= 11 is 0. The van der Waals surface area contributed by atoms with Gasteiger partial charge in [0, 0.05) is 37.6 Å². The fourth-order valence-corrected chi connectivity index (χ4v) is 2.77. The van der Waals surface area contributed by atoms with Crippen LogP contribution in [0.3, 0.4) is 0 Å². The van der Waals surface area contributed by atoms with Crippen LogP contribution in [0.2, 0.25) is 0 Å². The van der Waals surface area contributed by atoms with E-state index in [-0.39, 0.29) is 24.0 Å². The van der Waals surface area contributed by atoms with Crippen LogP contribution in [0.4, 0.5) is 5.69 Å². The average Bonchev–Trinajstić information content (AvgIpc) is 3.00. The molecule has 5 nitrogen and oxygen atoms in total. The van der Waals surface area contributed by atoms with E-state index in [1.165, 1.54) is 11.3 Å². The van der Waals surface area contributed by atoms with Crippen molar-refractivity contribution >= 4 is 35.6 Å². The van der Waals surface area contributed by atoms with Crippen LogP contribution in [0.1, 0.15) is 11.1 Å². The van der Waals surface area contributed by atoms with E-state index in [4.69, 9.17) is 4.74 Å². The number of hydrogen-bond donors (Lipinski definition) is 1. The first-order chi connectivity index (χ1) is 10.8. The molecule has 0 aliphatic carbocycles. The molecule has 1 aliphatic rings. The molecule has 0 amide bonds. The van der Waals surface area contributed by atoms with Gasteiger partial charge in [-0.3, -0.25) is 4.99 Å². The van der Waals surface area contributed by atoms with Crippen LogP contribution < -0.4 is 15.0 Å².